The molecule has 34 heavy (non-hydrogen) atoms. The Morgan fingerprint density at radius 3 is 2.79 bits per heavy atom. The van der Waals surface area contributed by atoms with Crippen LogP contribution in [-0.2, 0) is 4.74 Å². The van der Waals surface area contributed by atoms with Crippen LogP contribution in [0.2, 0.25) is 0 Å². The van der Waals surface area contributed by atoms with Crippen LogP contribution in [0, 0.1) is 0 Å². The molecule has 0 unspecified atom stereocenters. The van der Waals surface area contributed by atoms with Gasteiger partial charge in [0.15, 0.2) is 5.13 Å². The second kappa shape index (κ2) is 12.1. The number of rotatable bonds is 11. The number of aromatic nitrogens is 1. The number of amides is 1. The van der Waals surface area contributed by atoms with Gasteiger partial charge in [0, 0.05) is 31.7 Å². The first-order valence-corrected chi connectivity index (χ1v) is 12.8. The van der Waals surface area contributed by atoms with Crippen molar-refractivity contribution in [1.82, 2.24) is 9.88 Å². The molecule has 0 aliphatic carbocycles. The quantitative estimate of drug-likeness (QED) is 0.363. The van der Waals surface area contributed by atoms with Gasteiger partial charge in [0.1, 0.15) is 11.5 Å². The minimum absolute atomic E-state index is 0.0710. The molecule has 1 amide bonds. The van der Waals surface area contributed by atoms with E-state index < -0.39 is 0 Å². The van der Waals surface area contributed by atoms with Crippen molar-refractivity contribution in [3.05, 3.63) is 48.0 Å². The van der Waals surface area contributed by atoms with Gasteiger partial charge in [0.25, 0.3) is 5.91 Å². The molecule has 1 saturated heterocycles. The average Bonchev–Trinajstić information content (AvgIpc) is 3.30. The lowest BCUT2D eigenvalue weighted by Crippen LogP contribution is -2.43. The molecule has 0 spiro atoms. The normalized spacial score (nSPS) is 14.3. The van der Waals surface area contributed by atoms with E-state index in [1.54, 1.807) is 12.0 Å². The van der Waals surface area contributed by atoms with Crippen LogP contribution in [0.4, 0.5) is 5.13 Å². The number of anilines is 1. The number of hydrogen-bond donors (Lipinski definition) is 0. The zero-order valence-electron chi connectivity index (χ0n) is 20.0. The van der Waals surface area contributed by atoms with Crippen LogP contribution < -0.4 is 14.4 Å². The standard InChI is InChI=1S/C26H33N3O4S/c1-3-4-5-15-33-22-8-6-7-20(18-22)25(30)29(12-11-28-13-16-32-17-14-28)26-27-23-10-9-21(31-2)19-24(23)34-26/h6-10,18-19H,3-5,11-17H2,1-2H3. The first-order chi connectivity index (χ1) is 16.7. The summed E-state index contributed by atoms with van der Waals surface area (Å²) in [6.07, 6.45) is 3.29. The zero-order valence-corrected chi connectivity index (χ0v) is 20.8. The molecule has 3 aromatic rings. The predicted octanol–water partition coefficient (Wildman–Crippen LogP) is 4.85. The van der Waals surface area contributed by atoms with Crippen LogP contribution in [-0.4, -0.2) is 68.9 Å². The average molecular weight is 484 g/mol. The molecule has 1 fully saturated rings. The summed E-state index contributed by atoms with van der Waals surface area (Å²) in [5.74, 6) is 1.43. The van der Waals surface area contributed by atoms with Gasteiger partial charge >= 0.3 is 0 Å². The lowest BCUT2D eigenvalue weighted by Gasteiger charge is -2.29. The summed E-state index contributed by atoms with van der Waals surface area (Å²) in [6, 6.07) is 13.3. The minimum Gasteiger partial charge on any atom is -0.497 e. The number of hydrogen-bond acceptors (Lipinski definition) is 7. The fraction of sp³-hybridized carbons (Fsp3) is 0.462. The third-order valence-corrected chi connectivity index (χ3v) is 6.94. The van der Waals surface area contributed by atoms with E-state index in [2.05, 4.69) is 11.8 Å². The van der Waals surface area contributed by atoms with Crippen LogP contribution in [0.1, 0.15) is 36.5 Å². The molecule has 0 radical (unpaired) electrons. The summed E-state index contributed by atoms with van der Waals surface area (Å²) in [5.41, 5.74) is 1.46. The predicted molar refractivity (Wildman–Crippen MR) is 137 cm³/mol. The number of benzene rings is 2. The van der Waals surface area contributed by atoms with Crippen molar-refractivity contribution >= 4 is 32.6 Å². The molecule has 2 heterocycles. The van der Waals surface area contributed by atoms with E-state index in [9.17, 15) is 4.79 Å². The van der Waals surface area contributed by atoms with E-state index in [4.69, 9.17) is 19.2 Å². The Hall–Kier alpha value is -2.68. The summed E-state index contributed by atoms with van der Waals surface area (Å²) in [7, 11) is 1.65. The van der Waals surface area contributed by atoms with Gasteiger partial charge in [0.05, 0.1) is 37.1 Å². The summed E-state index contributed by atoms with van der Waals surface area (Å²) >= 11 is 1.51. The number of carbonyl (C=O) groups excluding carboxylic acids is 1. The Balaban J connectivity index is 1.56. The number of thiazole rings is 1. The molecule has 0 N–H and O–H groups in total. The van der Waals surface area contributed by atoms with E-state index >= 15 is 0 Å². The zero-order chi connectivity index (χ0) is 23.8. The first-order valence-electron chi connectivity index (χ1n) is 12.0. The number of morpholine rings is 1. The van der Waals surface area contributed by atoms with Gasteiger partial charge in [-0.25, -0.2) is 4.98 Å². The summed E-state index contributed by atoms with van der Waals surface area (Å²) in [5, 5.41) is 0.691. The highest BCUT2D eigenvalue weighted by atomic mass is 32.1. The summed E-state index contributed by atoms with van der Waals surface area (Å²) < 4.78 is 17.7. The maximum absolute atomic E-state index is 13.7. The van der Waals surface area contributed by atoms with E-state index in [-0.39, 0.29) is 5.91 Å². The molecule has 4 rings (SSSR count). The molecular weight excluding hydrogens is 450 g/mol. The third-order valence-electron chi connectivity index (χ3n) is 5.90. The first kappa shape index (κ1) is 24.4. The number of carbonyl (C=O) groups is 1. The van der Waals surface area contributed by atoms with Crippen molar-refractivity contribution in [3.63, 3.8) is 0 Å². The smallest absolute Gasteiger partial charge is 0.260 e. The molecule has 7 nitrogen and oxygen atoms in total. The maximum atomic E-state index is 13.7. The van der Waals surface area contributed by atoms with Crippen LogP contribution >= 0.6 is 11.3 Å². The molecule has 1 aromatic heterocycles. The van der Waals surface area contributed by atoms with Gasteiger partial charge in [-0.15, -0.1) is 0 Å². The highest BCUT2D eigenvalue weighted by molar-refractivity contribution is 7.22. The summed E-state index contributed by atoms with van der Waals surface area (Å²) in [4.78, 5) is 22.6. The number of fused-ring (bicyclic) bond motifs is 1. The highest BCUT2D eigenvalue weighted by Crippen LogP contribution is 2.32. The molecule has 0 bridgehead atoms. The van der Waals surface area contributed by atoms with Crippen molar-refractivity contribution < 1.29 is 19.0 Å². The molecule has 1 aliphatic heterocycles. The molecule has 1 aliphatic rings. The van der Waals surface area contributed by atoms with Gasteiger partial charge in [-0.1, -0.05) is 37.2 Å². The van der Waals surface area contributed by atoms with Gasteiger partial charge in [0.2, 0.25) is 0 Å². The number of ether oxygens (including phenoxy) is 3. The van der Waals surface area contributed by atoms with Crippen LogP contribution in [0.25, 0.3) is 10.2 Å². The van der Waals surface area contributed by atoms with Crippen molar-refractivity contribution in [2.75, 3.05) is 58.0 Å². The van der Waals surface area contributed by atoms with Gasteiger partial charge in [-0.3, -0.25) is 14.6 Å². The maximum Gasteiger partial charge on any atom is 0.260 e. The fourth-order valence-electron chi connectivity index (χ4n) is 3.90. The monoisotopic (exact) mass is 483 g/mol. The Morgan fingerprint density at radius 1 is 1.15 bits per heavy atom. The largest absolute Gasteiger partial charge is 0.497 e. The van der Waals surface area contributed by atoms with Crippen LogP contribution in [0.15, 0.2) is 42.5 Å². The van der Waals surface area contributed by atoms with Gasteiger partial charge in [-0.05, 0) is 42.8 Å². The van der Waals surface area contributed by atoms with E-state index in [0.29, 0.717) is 23.8 Å². The molecule has 182 valence electrons. The Kier molecular flexibility index (Phi) is 8.73. The lowest BCUT2D eigenvalue weighted by molar-refractivity contribution is 0.0391. The SMILES string of the molecule is CCCCCOc1cccc(C(=O)N(CCN2CCOCC2)c2nc3ccc(OC)cc3s2)c1. The Morgan fingerprint density at radius 2 is 2.00 bits per heavy atom. The molecule has 0 saturated carbocycles. The van der Waals surface area contributed by atoms with Crippen molar-refractivity contribution in [3.8, 4) is 11.5 Å². The second-order valence-electron chi connectivity index (χ2n) is 8.32. The molecule has 0 atom stereocenters. The number of methoxy groups -OCH3 is 1. The van der Waals surface area contributed by atoms with Crippen molar-refractivity contribution in [1.29, 1.82) is 0 Å². The van der Waals surface area contributed by atoms with Crippen LogP contribution in [0.5, 0.6) is 11.5 Å². The van der Waals surface area contributed by atoms with Crippen LogP contribution in [0.3, 0.4) is 0 Å². The molecule has 8 heteroatoms. The molecule has 2 aromatic carbocycles. The third kappa shape index (κ3) is 6.25. The van der Waals surface area contributed by atoms with Crippen molar-refractivity contribution in [2.45, 2.75) is 26.2 Å². The minimum atomic E-state index is -0.0710. The topological polar surface area (TPSA) is 64.1 Å². The molecular formula is C26H33N3O4S. The lowest BCUT2D eigenvalue weighted by atomic mass is 10.2. The van der Waals surface area contributed by atoms with Crippen molar-refractivity contribution in [2.24, 2.45) is 0 Å². The van der Waals surface area contributed by atoms with E-state index in [1.807, 2.05) is 42.5 Å². The van der Waals surface area contributed by atoms with Gasteiger partial charge in [-0.2, -0.15) is 0 Å². The van der Waals surface area contributed by atoms with Gasteiger partial charge < -0.3 is 14.2 Å². The highest BCUT2D eigenvalue weighted by Gasteiger charge is 2.23. The second-order valence-corrected chi connectivity index (χ2v) is 9.33. The van der Waals surface area contributed by atoms with E-state index in [1.165, 1.54) is 11.3 Å². The Labute approximate surface area is 205 Å². The number of nitrogens with zero attached hydrogens (tertiary/aromatic N) is 3. The number of unbranched alkanes of at least 4 members (excludes halogenated alkanes) is 2. The fourth-order valence-corrected chi connectivity index (χ4v) is 4.92. The summed E-state index contributed by atoms with van der Waals surface area (Å²) in [6.45, 7) is 7.35. The Bertz CT molecular complexity index is 1080. The van der Waals surface area contributed by atoms with E-state index in [0.717, 1.165) is 73.8 Å².